The maximum Gasteiger partial charge on any atom is 0.472 e. The minimum Gasteiger partial charge on any atom is -0.377 e. The van der Waals surface area contributed by atoms with Gasteiger partial charge in [-0.05, 0) is 0 Å². The lowest BCUT2D eigenvalue weighted by Crippen LogP contribution is -2.25. The third-order valence-corrected chi connectivity index (χ3v) is 6.70. The van der Waals surface area contributed by atoms with Gasteiger partial charge in [-0.3, -0.25) is 36.2 Å². The maximum atomic E-state index is 12.0. The van der Waals surface area contributed by atoms with Crippen LogP contribution in [0.15, 0.2) is 0 Å². The lowest BCUT2D eigenvalue weighted by Gasteiger charge is -2.22. The molecule has 0 heterocycles. The Kier molecular flexibility index (Phi) is 14.8. The second-order valence-corrected chi connectivity index (χ2v) is 11.1. The van der Waals surface area contributed by atoms with Crippen LogP contribution in [0.2, 0.25) is 0 Å². The van der Waals surface area contributed by atoms with Gasteiger partial charge in [-0.15, -0.1) is 0 Å². The van der Waals surface area contributed by atoms with Crippen LogP contribution in [0.1, 0.15) is 0 Å². The van der Waals surface area contributed by atoms with Gasteiger partial charge in [-0.2, -0.15) is 0 Å². The topological polar surface area (TPSA) is 232 Å². The molecule has 0 rings (SSSR count). The van der Waals surface area contributed by atoms with E-state index < -0.39 is 57.2 Å². The Labute approximate surface area is 177 Å². The molecule has 0 bridgehead atoms. The Bertz CT molecular complexity index is 670. The highest BCUT2D eigenvalue weighted by molar-refractivity contribution is 7.48. The molecule has 0 aromatic rings. The number of phosphoric ester groups is 4. The molecule has 0 aromatic carbocycles. The van der Waals surface area contributed by atoms with Gasteiger partial charge < -0.3 is 24.3 Å². The van der Waals surface area contributed by atoms with Crippen molar-refractivity contribution in [3.8, 4) is 0 Å². The highest BCUT2D eigenvalue weighted by Crippen LogP contribution is 2.48. The van der Waals surface area contributed by atoms with Crippen molar-refractivity contribution >= 4 is 31.3 Å². The van der Waals surface area contributed by atoms with Gasteiger partial charge in [0.1, 0.15) is 6.10 Å². The molecule has 188 valence electrons. The summed E-state index contributed by atoms with van der Waals surface area (Å²) in [5.74, 6) is 0. The molecule has 0 aromatic heterocycles. The van der Waals surface area contributed by atoms with Gasteiger partial charge >= 0.3 is 31.3 Å². The van der Waals surface area contributed by atoms with Crippen molar-refractivity contribution in [2.45, 2.75) is 6.10 Å². The number of hydrogen-bond donors (Lipinski definition) is 4. The van der Waals surface area contributed by atoms with Gasteiger partial charge in [0.05, 0.1) is 39.6 Å². The minimum absolute atomic E-state index is 0.177. The molecular weight excluding hydrogens is 516 g/mol. The fourth-order valence-electron chi connectivity index (χ4n) is 1.37. The van der Waals surface area contributed by atoms with Crippen LogP contribution in [0.5, 0.6) is 0 Å². The van der Waals surface area contributed by atoms with E-state index in [0.29, 0.717) is 0 Å². The average Bonchev–Trinajstić information content (AvgIpc) is 2.69. The molecule has 0 aliphatic rings. The second kappa shape index (κ2) is 14.6. The number of hydrogen-bond acceptors (Lipinski definition) is 13. The van der Waals surface area contributed by atoms with Gasteiger partial charge in [-0.1, -0.05) is 0 Å². The van der Waals surface area contributed by atoms with Crippen molar-refractivity contribution in [3.63, 3.8) is 0 Å². The first-order valence-corrected chi connectivity index (χ1v) is 14.0. The predicted molar refractivity (Wildman–Crippen MR) is 99.8 cm³/mol. The fraction of sp³-hybridized carbons (Fsp3) is 1.00. The van der Waals surface area contributed by atoms with Gasteiger partial charge in [0, 0.05) is 21.3 Å². The smallest absolute Gasteiger partial charge is 0.377 e. The van der Waals surface area contributed by atoms with E-state index in [0.717, 1.165) is 21.3 Å². The maximum absolute atomic E-state index is 12.0. The first kappa shape index (κ1) is 31.4. The summed E-state index contributed by atoms with van der Waals surface area (Å²) in [7, 11) is -15.3. The van der Waals surface area contributed by atoms with Crippen molar-refractivity contribution in [3.05, 3.63) is 0 Å². The summed E-state index contributed by atoms with van der Waals surface area (Å²) >= 11 is 0. The zero-order valence-electron chi connectivity index (χ0n) is 16.7. The van der Waals surface area contributed by atoms with Crippen molar-refractivity contribution in [2.75, 3.05) is 61.0 Å². The molecule has 0 fully saturated rings. The van der Waals surface area contributed by atoms with Crippen LogP contribution in [-0.4, -0.2) is 86.6 Å². The van der Waals surface area contributed by atoms with Crippen LogP contribution in [-0.2, 0) is 59.2 Å². The van der Waals surface area contributed by atoms with Crippen LogP contribution in [0.25, 0.3) is 0 Å². The summed E-state index contributed by atoms with van der Waals surface area (Å²) in [6.45, 7) is -2.97. The predicted octanol–water partition coefficient (Wildman–Crippen LogP) is 0.795. The summed E-state index contributed by atoms with van der Waals surface area (Å²) < 4.78 is 85.8. The summed E-state index contributed by atoms with van der Waals surface area (Å²) in [5.41, 5.74) is 0. The molecule has 0 aliphatic heterocycles. The van der Waals surface area contributed by atoms with Gasteiger partial charge in [0.25, 0.3) is 0 Å². The third kappa shape index (κ3) is 16.6. The quantitative estimate of drug-likeness (QED) is 0.130. The molecule has 31 heavy (non-hydrogen) atoms. The molecule has 0 aliphatic carbocycles. The van der Waals surface area contributed by atoms with Crippen LogP contribution in [0.3, 0.4) is 0 Å². The fourth-order valence-corrected chi connectivity index (χ4v) is 3.56. The molecule has 4 atom stereocenters. The molecule has 4 unspecified atom stereocenters. The van der Waals surface area contributed by atoms with Gasteiger partial charge in [-0.25, -0.2) is 18.3 Å². The highest BCUT2D eigenvalue weighted by atomic mass is 31.2. The minimum atomic E-state index is -4.82. The molecule has 0 saturated carbocycles. The summed E-state index contributed by atoms with van der Waals surface area (Å²) in [5, 5.41) is 0. The number of phosphoric acid groups is 4. The molecular formula is C10H26O17P4. The van der Waals surface area contributed by atoms with Crippen molar-refractivity contribution in [2.24, 2.45) is 0 Å². The summed E-state index contributed by atoms with van der Waals surface area (Å²) in [6.07, 6.45) is -1.64. The molecule has 21 heteroatoms. The summed E-state index contributed by atoms with van der Waals surface area (Å²) in [6, 6.07) is 0. The first-order chi connectivity index (χ1) is 14.2. The highest BCUT2D eigenvalue weighted by Gasteiger charge is 2.32. The molecule has 0 saturated heterocycles. The molecule has 0 radical (unpaired) electrons. The Morgan fingerprint density at radius 1 is 0.581 bits per heavy atom. The Balaban J connectivity index is 4.56. The zero-order chi connectivity index (χ0) is 24.2. The van der Waals surface area contributed by atoms with E-state index in [4.69, 9.17) is 14.2 Å². The number of ether oxygens (including phenoxy) is 1. The van der Waals surface area contributed by atoms with Crippen LogP contribution in [0, 0.1) is 0 Å². The van der Waals surface area contributed by atoms with E-state index in [-0.39, 0.29) is 19.8 Å². The third-order valence-electron chi connectivity index (χ3n) is 2.79. The van der Waals surface area contributed by atoms with E-state index in [1.54, 1.807) is 0 Å². The van der Waals surface area contributed by atoms with Crippen molar-refractivity contribution in [1.82, 2.24) is 0 Å². The van der Waals surface area contributed by atoms with Crippen molar-refractivity contribution in [1.29, 1.82) is 0 Å². The molecule has 0 amide bonds. The standard InChI is InChI=1S/C10H26O17P4/c1-19-28(11,12)23-6-4-22-5-7-24-31(17,18)27-10(8-25-29(13,14)20-2)9-26-30(15,16)21-3/h10H,4-9H2,1-3H3,(H,11,12)(H,13,14)(H,15,16)(H,17,18). The lowest BCUT2D eigenvalue weighted by atomic mass is 10.4. The average molecular weight is 542 g/mol. The van der Waals surface area contributed by atoms with Gasteiger partial charge in [0.15, 0.2) is 0 Å². The van der Waals surface area contributed by atoms with E-state index in [1.165, 1.54) is 0 Å². The van der Waals surface area contributed by atoms with Crippen LogP contribution in [0.4, 0.5) is 0 Å². The van der Waals surface area contributed by atoms with Gasteiger partial charge in [0.2, 0.25) is 0 Å². The Morgan fingerprint density at radius 2 is 0.935 bits per heavy atom. The Hall–Kier alpha value is 0.400. The first-order valence-electron chi connectivity index (χ1n) is 8.00. The Morgan fingerprint density at radius 3 is 1.32 bits per heavy atom. The van der Waals surface area contributed by atoms with E-state index in [2.05, 4.69) is 31.7 Å². The summed E-state index contributed by atoms with van der Waals surface area (Å²) in [4.78, 5) is 37.1. The second-order valence-electron chi connectivity index (χ2n) is 5.02. The molecule has 4 N–H and O–H groups in total. The molecule has 17 nitrogen and oxygen atoms in total. The van der Waals surface area contributed by atoms with Crippen LogP contribution >= 0.6 is 31.3 Å². The lowest BCUT2D eigenvalue weighted by molar-refractivity contribution is 0.0134. The normalized spacial score (nSPS) is 20.9. The largest absolute Gasteiger partial charge is 0.472 e. The zero-order valence-corrected chi connectivity index (χ0v) is 20.3. The van der Waals surface area contributed by atoms with E-state index in [9.17, 15) is 32.9 Å². The van der Waals surface area contributed by atoms with E-state index >= 15 is 0 Å². The SMILES string of the molecule is COP(=O)(O)OCCOCCOP(=O)(O)OC(COP(=O)(O)OC)COP(=O)(O)OC. The van der Waals surface area contributed by atoms with E-state index in [1.807, 2.05) is 0 Å². The molecule has 0 spiro atoms. The number of rotatable bonds is 19. The van der Waals surface area contributed by atoms with Crippen LogP contribution < -0.4 is 0 Å². The monoisotopic (exact) mass is 542 g/mol. The van der Waals surface area contributed by atoms with Crippen molar-refractivity contribution < 1.29 is 78.8 Å².